The SMILES string of the molecule is O=C1NC(=S)S/C1=C/c1cc2cncc(-c3ccc(S(=O)(=O)N4CCOCC4)cc3)c2o1. The first-order valence-corrected chi connectivity index (χ1v) is 12.4. The van der Waals surface area contributed by atoms with E-state index in [9.17, 15) is 13.2 Å². The number of aromatic nitrogens is 1. The minimum atomic E-state index is -3.57. The topological polar surface area (TPSA) is 102 Å². The Balaban J connectivity index is 1.47. The molecule has 1 aromatic carbocycles. The molecule has 0 bridgehead atoms. The minimum Gasteiger partial charge on any atom is -0.456 e. The Morgan fingerprint density at radius 3 is 2.59 bits per heavy atom. The summed E-state index contributed by atoms with van der Waals surface area (Å²) in [6, 6.07) is 8.45. The van der Waals surface area contributed by atoms with E-state index in [1.54, 1.807) is 48.8 Å². The molecule has 1 N–H and O–H groups in total. The quantitative estimate of drug-likeness (QED) is 0.443. The Labute approximate surface area is 193 Å². The molecule has 0 spiro atoms. The lowest BCUT2D eigenvalue weighted by Gasteiger charge is -2.26. The molecule has 0 saturated carbocycles. The van der Waals surface area contributed by atoms with Crippen LogP contribution in [-0.4, -0.2) is 54.2 Å². The Morgan fingerprint density at radius 2 is 1.91 bits per heavy atom. The zero-order valence-electron chi connectivity index (χ0n) is 16.6. The van der Waals surface area contributed by atoms with Gasteiger partial charge in [-0.05, 0) is 23.8 Å². The molecule has 0 atom stereocenters. The number of nitrogens with zero attached hydrogens (tertiary/aromatic N) is 2. The van der Waals surface area contributed by atoms with Crippen LogP contribution in [0.25, 0.3) is 28.2 Å². The highest BCUT2D eigenvalue weighted by atomic mass is 32.2. The standard InChI is InChI=1S/C21H17N3O5S3/c25-20-18(31-21(30)23-20)10-15-9-14-11-22-12-17(19(14)29-15)13-1-3-16(4-2-13)32(26,27)24-5-7-28-8-6-24/h1-4,9-12H,5-8H2,(H,23,25,30)/b18-10+. The van der Waals surface area contributed by atoms with Gasteiger partial charge in [0.15, 0.2) is 0 Å². The van der Waals surface area contributed by atoms with Gasteiger partial charge in [0, 0.05) is 42.5 Å². The summed E-state index contributed by atoms with van der Waals surface area (Å²) >= 11 is 6.20. The smallest absolute Gasteiger partial charge is 0.263 e. The number of furan rings is 1. The molecule has 0 unspecified atom stereocenters. The number of hydrogen-bond donors (Lipinski definition) is 1. The number of thioether (sulfide) groups is 1. The summed E-state index contributed by atoms with van der Waals surface area (Å²) in [6.07, 6.45) is 4.98. The van der Waals surface area contributed by atoms with E-state index in [2.05, 4.69) is 10.3 Å². The molecule has 4 heterocycles. The van der Waals surface area contributed by atoms with Gasteiger partial charge in [-0.3, -0.25) is 9.78 Å². The molecule has 2 aliphatic rings. The molecular weight excluding hydrogens is 470 g/mol. The molecular formula is C21H17N3O5S3. The fourth-order valence-electron chi connectivity index (χ4n) is 3.55. The minimum absolute atomic E-state index is 0.230. The second kappa shape index (κ2) is 8.41. The third kappa shape index (κ3) is 3.97. The molecule has 8 nitrogen and oxygen atoms in total. The predicted molar refractivity (Wildman–Crippen MR) is 125 cm³/mol. The number of rotatable bonds is 4. The summed E-state index contributed by atoms with van der Waals surface area (Å²) in [5.74, 6) is 0.249. The number of amides is 1. The summed E-state index contributed by atoms with van der Waals surface area (Å²) < 4.78 is 38.8. The largest absolute Gasteiger partial charge is 0.456 e. The van der Waals surface area contributed by atoms with Gasteiger partial charge in [0.25, 0.3) is 5.91 Å². The van der Waals surface area contributed by atoms with Crippen molar-refractivity contribution in [2.75, 3.05) is 26.3 Å². The number of carbonyl (C=O) groups is 1. The summed E-state index contributed by atoms with van der Waals surface area (Å²) in [7, 11) is -3.57. The van der Waals surface area contributed by atoms with E-state index in [4.69, 9.17) is 21.4 Å². The van der Waals surface area contributed by atoms with Crippen LogP contribution in [0.2, 0.25) is 0 Å². The van der Waals surface area contributed by atoms with E-state index in [0.29, 0.717) is 46.9 Å². The number of carbonyl (C=O) groups excluding carboxylic acids is 1. The van der Waals surface area contributed by atoms with E-state index >= 15 is 0 Å². The van der Waals surface area contributed by atoms with Crippen molar-refractivity contribution in [2.24, 2.45) is 0 Å². The lowest BCUT2D eigenvalue weighted by Crippen LogP contribution is -2.40. The number of benzene rings is 1. The third-order valence-electron chi connectivity index (χ3n) is 5.13. The first-order chi connectivity index (χ1) is 15.4. The highest BCUT2D eigenvalue weighted by Gasteiger charge is 2.26. The zero-order chi connectivity index (χ0) is 22.3. The van der Waals surface area contributed by atoms with Gasteiger partial charge >= 0.3 is 0 Å². The van der Waals surface area contributed by atoms with E-state index < -0.39 is 10.0 Å². The van der Waals surface area contributed by atoms with Gasteiger partial charge < -0.3 is 14.5 Å². The number of nitrogens with one attached hydrogen (secondary N) is 1. The van der Waals surface area contributed by atoms with Crippen LogP contribution in [0.1, 0.15) is 5.76 Å². The molecule has 5 rings (SSSR count). The molecule has 1 amide bonds. The summed E-state index contributed by atoms with van der Waals surface area (Å²) in [5.41, 5.74) is 2.09. The molecule has 3 aromatic rings. The summed E-state index contributed by atoms with van der Waals surface area (Å²) in [6.45, 7) is 1.49. The second-order valence-electron chi connectivity index (χ2n) is 7.15. The zero-order valence-corrected chi connectivity index (χ0v) is 19.1. The summed E-state index contributed by atoms with van der Waals surface area (Å²) in [5, 5.41) is 3.34. The molecule has 2 aliphatic heterocycles. The molecule has 2 fully saturated rings. The maximum atomic E-state index is 12.9. The van der Waals surface area contributed by atoms with Gasteiger partial charge in [0.2, 0.25) is 10.0 Å². The highest BCUT2D eigenvalue weighted by Crippen LogP contribution is 2.33. The van der Waals surface area contributed by atoms with Gasteiger partial charge in [0.05, 0.1) is 23.0 Å². The fourth-order valence-corrected chi connectivity index (χ4v) is 5.98. The lowest BCUT2D eigenvalue weighted by atomic mass is 10.1. The normalized spacial score (nSPS) is 19.1. The molecule has 0 radical (unpaired) electrons. The van der Waals surface area contributed by atoms with Crippen molar-refractivity contribution in [2.45, 2.75) is 4.90 Å². The number of thiocarbonyl (C=S) groups is 1. The van der Waals surface area contributed by atoms with E-state index in [1.165, 1.54) is 16.1 Å². The van der Waals surface area contributed by atoms with Crippen molar-refractivity contribution in [3.8, 4) is 11.1 Å². The first kappa shape index (κ1) is 21.3. The Morgan fingerprint density at radius 1 is 1.16 bits per heavy atom. The maximum Gasteiger partial charge on any atom is 0.263 e. The van der Waals surface area contributed by atoms with Crippen molar-refractivity contribution in [3.63, 3.8) is 0 Å². The lowest BCUT2D eigenvalue weighted by molar-refractivity contribution is -0.115. The van der Waals surface area contributed by atoms with Crippen LogP contribution in [0.5, 0.6) is 0 Å². The number of hydrogen-bond acceptors (Lipinski definition) is 8. The molecule has 11 heteroatoms. The van der Waals surface area contributed by atoms with Gasteiger partial charge in [-0.1, -0.05) is 36.1 Å². The van der Waals surface area contributed by atoms with E-state index in [0.717, 1.165) is 16.5 Å². The van der Waals surface area contributed by atoms with Crippen molar-refractivity contribution in [3.05, 3.63) is 53.4 Å². The Hall–Kier alpha value is -2.57. The van der Waals surface area contributed by atoms with E-state index in [-0.39, 0.29) is 10.8 Å². The van der Waals surface area contributed by atoms with E-state index in [1.807, 2.05) is 0 Å². The molecule has 32 heavy (non-hydrogen) atoms. The van der Waals surface area contributed by atoms with Gasteiger partial charge in [-0.15, -0.1) is 0 Å². The Bertz CT molecular complexity index is 1360. The van der Waals surface area contributed by atoms with Crippen molar-refractivity contribution in [1.29, 1.82) is 0 Å². The maximum absolute atomic E-state index is 12.9. The number of morpholine rings is 1. The molecule has 164 valence electrons. The van der Waals surface area contributed by atoms with Gasteiger partial charge in [-0.2, -0.15) is 4.31 Å². The molecule has 0 aliphatic carbocycles. The molecule has 2 saturated heterocycles. The van der Waals surface area contributed by atoms with Crippen LogP contribution in [0, 0.1) is 0 Å². The van der Waals surface area contributed by atoms with Crippen LogP contribution < -0.4 is 5.32 Å². The Kier molecular flexibility index (Phi) is 5.59. The third-order valence-corrected chi connectivity index (χ3v) is 8.21. The van der Waals surface area contributed by atoms with Crippen LogP contribution in [0.4, 0.5) is 0 Å². The van der Waals surface area contributed by atoms with Crippen LogP contribution >= 0.6 is 24.0 Å². The average molecular weight is 488 g/mol. The van der Waals surface area contributed by atoms with Crippen LogP contribution in [-0.2, 0) is 19.6 Å². The first-order valence-electron chi connectivity index (χ1n) is 9.72. The van der Waals surface area contributed by atoms with Crippen LogP contribution in [0.3, 0.4) is 0 Å². The molecule has 2 aromatic heterocycles. The van der Waals surface area contributed by atoms with Crippen LogP contribution in [0.15, 0.2) is 56.9 Å². The van der Waals surface area contributed by atoms with Gasteiger partial charge in [-0.25, -0.2) is 8.42 Å². The predicted octanol–water partition coefficient (Wildman–Crippen LogP) is 3.00. The second-order valence-corrected chi connectivity index (χ2v) is 10.8. The van der Waals surface area contributed by atoms with Crippen molar-refractivity contribution >= 4 is 61.3 Å². The number of fused-ring (bicyclic) bond motifs is 1. The average Bonchev–Trinajstić information content (AvgIpc) is 3.35. The fraction of sp³-hybridized carbons (Fsp3) is 0.190. The highest BCUT2D eigenvalue weighted by molar-refractivity contribution is 8.26. The van der Waals surface area contributed by atoms with Gasteiger partial charge in [0.1, 0.15) is 15.7 Å². The number of pyridine rings is 1. The number of ether oxygens (including phenoxy) is 1. The number of sulfonamides is 1. The van der Waals surface area contributed by atoms with Crippen molar-refractivity contribution in [1.82, 2.24) is 14.6 Å². The monoisotopic (exact) mass is 487 g/mol. The van der Waals surface area contributed by atoms with Crippen molar-refractivity contribution < 1.29 is 22.4 Å². The summed E-state index contributed by atoms with van der Waals surface area (Å²) in [4.78, 5) is 16.9.